The third-order valence-electron chi connectivity index (χ3n) is 0.305. The van der Waals surface area contributed by atoms with Gasteiger partial charge in [-0.25, -0.2) is 0 Å². The van der Waals surface area contributed by atoms with E-state index in [0.29, 0.717) is 6.61 Å². The first kappa shape index (κ1) is 11.3. The molecule has 0 rings (SSSR count). The Balaban J connectivity index is 0. The van der Waals surface area contributed by atoms with Gasteiger partial charge in [0.25, 0.3) is 0 Å². The Kier molecular flexibility index (Phi) is 14.7. The molecule has 0 aromatic carbocycles. The molecule has 8 heavy (non-hydrogen) atoms. The molecule has 0 aromatic heterocycles. The van der Waals surface area contributed by atoms with E-state index in [9.17, 15) is 5.11 Å². The Morgan fingerprint density at radius 2 is 2.25 bits per heavy atom. The van der Waals surface area contributed by atoms with E-state index in [-0.39, 0.29) is 0 Å². The Morgan fingerprint density at radius 3 is 2.25 bits per heavy atom. The van der Waals surface area contributed by atoms with Crippen molar-refractivity contribution in [2.45, 2.75) is 6.92 Å². The van der Waals surface area contributed by atoms with Crippen molar-refractivity contribution < 1.29 is 26.2 Å². The number of hydrogen-bond acceptors (Lipinski definition) is 2. The molecule has 0 N–H and O–H groups in total. The van der Waals surface area contributed by atoms with E-state index in [1.54, 1.807) is 6.92 Å². The van der Waals surface area contributed by atoms with Crippen LogP contribution in [0.2, 0.25) is 0 Å². The molecule has 0 saturated heterocycles. The summed E-state index contributed by atoms with van der Waals surface area (Å²) in [6.45, 7) is 5.13. The predicted octanol–water partition coefficient (Wildman–Crippen LogP) is 0.697. The number of ether oxygens (including phenoxy) is 1. The summed E-state index contributed by atoms with van der Waals surface area (Å²) >= 11 is 4.25. The summed E-state index contributed by atoms with van der Waals surface area (Å²) in [6.07, 6.45) is 0. The van der Waals surface area contributed by atoms with Gasteiger partial charge in [0.05, 0.1) is 0 Å². The normalized spacial score (nSPS) is 6.50. The van der Waals surface area contributed by atoms with Crippen LogP contribution in [0.4, 0.5) is 0 Å². The SMILES string of the molecule is C=C([O-])OCC.[Zn+][Br]. The molecule has 0 heterocycles. The van der Waals surface area contributed by atoms with E-state index >= 15 is 0 Å². The summed E-state index contributed by atoms with van der Waals surface area (Å²) in [5.74, 6) is -0.461. The molecule has 0 bridgehead atoms. The Labute approximate surface area is 66.0 Å². The van der Waals surface area contributed by atoms with Crippen molar-refractivity contribution in [2.75, 3.05) is 6.61 Å². The molecule has 0 saturated carbocycles. The van der Waals surface area contributed by atoms with Crippen molar-refractivity contribution in [3.8, 4) is 0 Å². The van der Waals surface area contributed by atoms with Gasteiger partial charge in [-0.1, -0.05) is 13.5 Å². The maximum atomic E-state index is 9.71. The predicted molar refractivity (Wildman–Crippen MR) is 29.7 cm³/mol. The Morgan fingerprint density at radius 1 is 1.88 bits per heavy atom. The molecule has 44 valence electrons. The first-order valence-corrected chi connectivity index (χ1v) is 8.97. The number of rotatable bonds is 2. The van der Waals surface area contributed by atoms with Gasteiger partial charge in [0.2, 0.25) is 0 Å². The Bertz CT molecular complexity index is 58.0. The average Bonchev–Trinajstić information content (AvgIpc) is 1.72. The summed E-state index contributed by atoms with van der Waals surface area (Å²) in [6, 6.07) is 0. The van der Waals surface area contributed by atoms with Crippen LogP contribution in [-0.4, -0.2) is 6.61 Å². The van der Waals surface area contributed by atoms with Crippen molar-refractivity contribution in [3.63, 3.8) is 0 Å². The average molecular weight is 232 g/mol. The first-order valence-electron chi connectivity index (χ1n) is 2.02. The molecule has 0 atom stereocenters. The van der Waals surface area contributed by atoms with Crippen LogP contribution in [0.15, 0.2) is 12.5 Å². The maximum absolute atomic E-state index is 9.71. The molecule has 0 unspecified atom stereocenters. The number of halogens is 1. The summed E-state index contributed by atoms with van der Waals surface area (Å²) in [5.41, 5.74) is 0. The second-order valence-corrected chi connectivity index (χ2v) is 0.805. The fraction of sp³-hybridized carbons (Fsp3) is 0.500. The van der Waals surface area contributed by atoms with E-state index in [0.717, 1.165) is 0 Å². The quantitative estimate of drug-likeness (QED) is 0.518. The molecule has 2 nitrogen and oxygen atoms in total. The molecular weight excluding hydrogens is 225 g/mol. The van der Waals surface area contributed by atoms with E-state index < -0.39 is 5.95 Å². The summed E-state index contributed by atoms with van der Waals surface area (Å²) in [7, 11) is 0. The fourth-order valence-corrected chi connectivity index (χ4v) is 0.161. The van der Waals surface area contributed by atoms with Gasteiger partial charge in [0, 0.05) is 5.95 Å². The van der Waals surface area contributed by atoms with Crippen molar-refractivity contribution in [1.82, 2.24) is 0 Å². The van der Waals surface area contributed by atoms with Crippen LogP contribution in [0.3, 0.4) is 0 Å². The molecule has 0 fully saturated rings. The van der Waals surface area contributed by atoms with E-state index in [1.807, 2.05) is 0 Å². The van der Waals surface area contributed by atoms with Crippen LogP contribution < -0.4 is 5.11 Å². The van der Waals surface area contributed by atoms with Gasteiger partial charge in [-0.05, 0) is 6.61 Å². The molecule has 0 radical (unpaired) electrons. The zero-order valence-corrected chi connectivity index (χ0v) is 9.37. The van der Waals surface area contributed by atoms with Crippen LogP contribution in [-0.2, 0) is 21.1 Å². The standard InChI is InChI=1S/C4H8O2.BrH.Zn/c1-3-6-4(2)5;;/h5H,2-3H2,1H3;1H;/q;;+2/p-2. The number of hydrogen-bond donors (Lipinski definition) is 0. The zero-order chi connectivity index (χ0) is 6.99. The van der Waals surface area contributed by atoms with Crippen molar-refractivity contribution >= 4 is 13.6 Å². The summed E-state index contributed by atoms with van der Waals surface area (Å²) in [4.78, 5) is 0. The van der Waals surface area contributed by atoms with E-state index in [4.69, 9.17) is 0 Å². The van der Waals surface area contributed by atoms with Crippen molar-refractivity contribution in [2.24, 2.45) is 0 Å². The molecule has 0 aliphatic rings. The first-order chi connectivity index (χ1) is 3.77. The molecule has 0 aromatic rings. The van der Waals surface area contributed by atoms with Gasteiger partial charge < -0.3 is 9.84 Å². The van der Waals surface area contributed by atoms with Crippen LogP contribution in [0.5, 0.6) is 0 Å². The minimum absolute atomic E-state index is 0.419. The molecule has 4 heteroatoms. The van der Waals surface area contributed by atoms with Gasteiger partial charge in [-0.2, -0.15) is 0 Å². The topological polar surface area (TPSA) is 32.3 Å². The molecule has 0 spiro atoms. The van der Waals surface area contributed by atoms with Crippen LogP contribution in [0.1, 0.15) is 6.92 Å². The Hall–Kier alpha value is 0.443. The van der Waals surface area contributed by atoms with Gasteiger partial charge in [0.1, 0.15) is 0 Å². The third kappa shape index (κ3) is 16.1. The van der Waals surface area contributed by atoms with E-state index in [1.165, 1.54) is 16.3 Å². The molecule has 0 aliphatic carbocycles. The van der Waals surface area contributed by atoms with Crippen molar-refractivity contribution in [1.29, 1.82) is 0 Å². The summed E-state index contributed by atoms with van der Waals surface area (Å²) in [5, 5.41) is 9.71. The van der Waals surface area contributed by atoms with E-state index in [2.05, 4.69) is 24.9 Å². The van der Waals surface area contributed by atoms with Gasteiger partial charge in [-0.3, -0.25) is 0 Å². The third-order valence-corrected chi connectivity index (χ3v) is 0.305. The van der Waals surface area contributed by atoms with Gasteiger partial charge >= 0.3 is 30.0 Å². The minimum atomic E-state index is -0.461. The second-order valence-electron chi connectivity index (χ2n) is 0.805. The van der Waals surface area contributed by atoms with Gasteiger partial charge in [0.15, 0.2) is 0 Å². The zero-order valence-electron chi connectivity index (χ0n) is 4.82. The molecule has 0 aliphatic heterocycles. The fourth-order valence-electron chi connectivity index (χ4n) is 0.161. The van der Waals surface area contributed by atoms with Crippen molar-refractivity contribution in [3.05, 3.63) is 12.5 Å². The van der Waals surface area contributed by atoms with Crippen LogP contribution in [0.25, 0.3) is 0 Å². The second kappa shape index (κ2) is 10.4. The summed E-state index contributed by atoms with van der Waals surface area (Å²) < 4.78 is 4.29. The monoisotopic (exact) mass is 230 g/mol. The molecular formula is C4H7BrO2Zn. The van der Waals surface area contributed by atoms with Gasteiger partial charge in [-0.15, -0.1) is 0 Å². The molecule has 0 amide bonds. The van der Waals surface area contributed by atoms with Crippen LogP contribution >= 0.6 is 13.6 Å². The van der Waals surface area contributed by atoms with Crippen LogP contribution in [0, 0.1) is 0 Å².